The van der Waals surface area contributed by atoms with Gasteiger partial charge < -0.3 is 20.8 Å². The van der Waals surface area contributed by atoms with Crippen LogP contribution in [-0.4, -0.2) is 51.8 Å². The van der Waals surface area contributed by atoms with Crippen molar-refractivity contribution < 1.29 is 15.0 Å². The standard InChI is InChI=1S/C12H19N3O3S/c13-12-14-9(7-19-12)1-2-11(18)15-4-3-8(6-16)10(17)5-15/h7-8,10,16-17H,1-6H2,(H2,13,14)/t8-,10-/m1/s1. The van der Waals surface area contributed by atoms with Crippen LogP contribution in [0.4, 0.5) is 5.13 Å². The molecule has 0 spiro atoms. The number of likely N-dealkylation sites (tertiary alicyclic amines) is 1. The number of amides is 1. The van der Waals surface area contributed by atoms with Crippen LogP contribution in [0.2, 0.25) is 0 Å². The highest BCUT2D eigenvalue weighted by Crippen LogP contribution is 2.19. The molecule has 19 heavy (non-hydrogen) atoms. The van der Waals surface area contributed by atoms with E-state index in [9.17, 15) is 9.90 Å². The summed E-state index contributed by atoms with van der Waals surface area (Å²) in [6.07, 6.45) is 0.965. The number of rotatable bonds is 4. The van der Waals surface area contributed by atoms with Crippen LogP contribution in [0.3, 0.4) is 0 Å². The molecule has 1 aromatic rings. The Bertz CT molecular complexity index is 438. The highest BCUT2D eigenvalue weighted by molar-refractivity contribution is 7.13. The fraction of sp³-hybridized carbons (Fsp3) is 0.667. The number of anilines is 1. The van der Waals surface area contributed by atoms with Gasteiger partial charge in [0.2, 0.25) is 5.91 Å². The molecule has 0 saturated carbocycles. The molecule has 0 radical (unpaired) electrons. The number of β-amino-alcohol motifs (C(OH)–C–C–N with tert-alkyl or cyclic N) is 1. The molecule has 4 N–H and O–H groups in total. The smallest absolute Gasteiger partial charge is 0.223 e. The normalized spacial score (nSPS) is 23.6. The van der Waals surface area contributed by atoms with Crippen molar-refractivity contribution in [3.8, 4) is 0 Å². The third kappa shape index (κ3) is 3.65. The molecule has 1 aliphatic heterocycles. The van der Waals surface area contributed by atoms with Gasteiger partial charge in [0.15, 0.2) is 5.13 Å². The molecule has 0 aliphatic carbocycles. The fourth-order valence-corrected chi connectivity index (χ4v) is 2.85. The number of nitrogens with zero attached hydrogens (tertiary/aromatic N) is 2. The summed E-state index contributed by atoms with van der Waals surface area (Å²) in [4.78, 5) is 17.8. The lowest BCUT2D eigenvalue weighted by Crippen LogP contribution is -2.47. The van der Waals surface area contributed by atoms with E-state index in [0.717, 1.165) is 5.69 Å². The van der Waals surface area contributed by atoms with Gasteiger partial charge in [0, 0.05) is 37.4 Å². The van der Waals surface area contributed by atoms with Gasteiger partial charge in [0.1, 0.15) is 0 Å². The van der Waals surface area contributed by atoms with Crippen molar-refractivity contribution in [3.63, 3.8) is 0 Å². The van der Waals surface area contributed by atoms with E-state index >= 15 is 0 Å². The van der Waals surface area contributed by atoms with E-state index in [2.05, 4.69) is 4.98 Å². The number of aliphatic hydroxyl groups is 2. The van der Waals surface area contributed by atoms with E-state index in [4.69, 9.17) is 10.8 Å². The lowest BCUT2D eigenvalue weighted by molar-refractivity contribution is -0.136. The topological polar surface area (TPSA) is 99.7 Å². The second-order valence-electron chi connectivity index (χ2n) is 4.82. The predicted octanol–water partition coefficient (Wildman–Crippen LogP) is -0.140. The minimum atomic E-state index is -0.627. The van der Waals surface area contributed by atoms with E-state index in [-0.39, 0.29) is 18.4 Å². The first-order valence-electron chi connectivity index (χ1n) is 6.36. The molecule has 1 aliphatic rings. The summed E-state index contributed by atoms with van der Waals surface area (Å²) in [6, 6.07) is 0. The molecule has 7 heteroatoms. The summed E-state index contributed by atoms with van der Waals surface area (Å²) in [5, 5.41) is 21.2. The van der Waals surface area contributed by atoms with Gasteiger partial charge in [-0.15, -0.1) is 11.3 Å². The predicted molar refractivity (Wildman–Crippen MR) is 72.6 cm³/mol. The Balaban J connectivity index is 1.80. The highest BCUT2D eigenvalue weighted by atomic mass is 32.1. The third-order valence-corrected chi connectivity index (χ3v) is 4.20. The van der Waals surface area contributed by atoms with Crippen LogP contribution in [0.5, 0.6) is 0 Å². The van der Waals surface area contributed by atoms with Crippen molar-refractivity contribution in [2.24, 2.45) is 5.92 Å². The summed E-state index contributed by atoms with van der Waals surface area (Å²) in [7, 11) is 0. The number of thiazole rings is 1. The lowest BCUT2D eigenvalue weighted by Gasteiger charge is -2.35. The van der Waals surface area contributed by atoms with Gasteiger partial charge in [-0.25, -0.2) is 4.98 Å². The summed E-state index contributed by atoms with van der Waals surface area (Å²) >= 11 is 1.37. The number of nitrogens with two attached hydrogens (primary N) is 1. The summed E-state index contributed by atoms with van der Waals surface area (Å²) in [6.45, 7) is 0.880. The number of hydrogen-bond donors (Lipinski definition) is 3. The highest BCUT2D eigenvalue weighted by Gasteiger charge is 2.29. The Hall–Kier alpha value is -1.18. The van der Waals surface area contributed by atoms with Crippen molar-refractivity contribution in [1.29, 1.82) is 0 Å². The maximum Gasteiger partial charge on any atom is 0.223 e. The molecule has 6 nitrogen and oxygen atoms in total. The largest absolute Gasteiger partial charge is 0.396 e. The summed E-state index contributed by atoms with van der Waals surface area (Å²) < 4.78 is 0. The zero-order valence-corrected chi connectivity index (χ0v) is 11.5. The van der Waals surface area contributed by atoms with Crippen LogP contribution in [0.15, 0.2) is 5.38 Å². The number of carbonyl (C=O) groups excluding carboxylic acids is 1. The number of nitrogen functional groups attached to an aromatic ring is 1. The van der Waals surface area contributed by atoms with E-state index in [1.54, 1.807) is 4.90 Å². The van der Waals surface area contributed by atoms with E-state index in [1.165, 1.54) is 11.3 Å². The van der Waals surface area contributed by atoms with Gasteiger partial charge in [-0.3, -0.25) is 4.79 Å². The molecule has 0 unspecified atom stereocenters. The first-order valence-corrected chi connectivity index (χ1v) is 7.24. The van der Waals surface area contributed by atoms with Gasteiger partial charge >= 0.3 is 0 Å². The van der Waals surface area contributed by atoms with Gasteiger partial charge in [0.05, 0.1) is 11.8 Å². The van der Waals surface area contributed by atoms with Gasteiger partial charge in [-0.2, -0.15) is 0 Å². The average Bonchev–Trinajstić information content (AvgIpc) is 2.81. The SMILES string of the molecule is Nc1nc(CCC(=O)N2CC[C@H](CO)[C@H](O)C2)cs1. The molecular weight excluding hydrogens is 266 g/mol. The van der Waals surface area contributed by atoms with Crippen LogP contribution in [0.25, 0.3) is 0 Å². The molecule has 0 aromatic carbocycles. The minimum Gasteiger partial charge on any atom is -0.396 e. The van der Waals surface area contributed by atoms with Crippen molar-refractivity contribution in [2.45, 2.75) is 25.4 Å². The molecule has 1 amide bonds. The van der Waals surface area contributed by atoms with Crippen molar-refractivity contribution in [3.05, 3.63) is 11.1 Å². The average molecular weight is 285 g/mol. The Kier molecular flexibility index (Phi) is 4.73. The second kappa shape index (κ2) is 6.31. The first-order chi connectivity index (χ1) is 9.10. The monoisotopic (exact) mass is 285 g/mol. The molecular formula is C12H19N3O3S. The van der Waals surface area contributed by atoms with Crippen molar-refractivity contribution >= 4 is 22.4 Å². The van der Waals surface area contributed by atoms with Crippen molar-refractivity contribution in [1.82, 2.24) is 9.88 Å². The van der Waals surface area contributed by atoms with E-state index in [0.29, 0.717) is 37.5 Å². The van der Waals surface area contributed by atoms with Gasteiger partial charge in [-0.05, 0) is 12.8 Å². The molecule has 2 atom stereocenters. The van der Waals surface area contributed by atoms with E-state index in [1.807, 2.05) is 5.38 Å². The van der Waals surface area contributed by atoms with Crippen LogP contribution < -0.4 is 5.73 Å². The summed E-state index contributed by atoms with van der Waals surface area (Å²) in [5.41, 5.74) is 6.37. The molecule has 106 valence electrons. The number of piperidine rings is 1. The Labute approximate surface area is 115 Å². The molecule has 2 rings (SSSR count). The third-order valence-electron chi connectivity index (χ3n) is 3.47. The van der Waals surface area contributed by atoms with Crippen LogP contribution >= 0.6 is 11.3 Å². The molecule has 1 saturated heterocycles. The van der Waals surface area contributed by atoms with Crippen molar-refractivity contribution in [2.75, 3.05) is 25.4 Å². The number of hydrogen-bond acceptors (Lipinski definition) is 6. The van der Waals surface area contributed by atoms with Crippen LogP contribution in [0, 0.1) is 5.92 Å². The van der Waals surface area contributed by atoms with Gasteiger partial charge in [-0.1, -0.05) is 0 Å². The molecule has 1 aromatic heterocycles. The number of aliphatic hydroxyl groups excluding tert-OH is 2. The summed E-state index contributed by atoms with van der Waals surface area (Å²) in [5.74, 6) is -0.0931. The Morgan fingerprint density at radius 3 is 3.00 bits per heavy atom. The zero-order chi connectivity index (χ0) is 13.8. The number of aryl methyl sites for hydroxylation is 1. The van der Waals surface area contributed by atoms with Gasteiger partial charge in [0.25, 0.3) is 0 Å². The number of aromatic nitrogens is 1. The maximum absolute atomic E-state index is 12.0. The lowest BCUT2D eigenvalue weighted by atomic mass is 9.94. The molecule has 0 bridgehead atoms. The zero-order valence-electron chi connectivity index (χ0n) is 10.7. The van der Waals surface area contributed by atoms with E-state index < -0.39 is 6.10 Å². The minimum absolute atomic E-state index is 0.0158. The number of carbonyl (C=O) groups is 1. The van der Waals surface area contributed by atoms with Crippen LogP contribution in [-0.2, 0) is 11.2 Å². The first kappa shape index (κ1) is 14.2. The molecule has 2 heterocycles. The molecule has 1 fully saturated rings. The van der Waals surface area contributed by atoms with Crippen LogP contribution in [0.1, 0.15) is 18.5 Å². The second-order valence-corrected chi connectivity index (χ2v) is 5.71. The quantitative estimate of drug-likeness (QED) is 0.715. The maximum atomic E-state index is 12.0. The Morgan fingerprint density at radius 2 is 2.42 bits per heavy atom. The fourth-order valence-electron chi connectivity index (χ4n) is 2.25. The Morgan fingerprint density at radius 1 is 1.63 bits per heavy atom.